The summed E-state index contributed by atoms with van der Waals surface area (Å²) in [6.07, 6.45) is -1.49. The maximum atomic E-state index is 13.1. The van der Waals surface area contributed by atoms with Crippen molar-refractivity contribution in [2.75, 3.05) is 49.5 Å². The van der Waals surface area contributed by atoms with Crippen LogP contribution in [0.25, 0.3) is 0 Å². The van der Waals surface area contributed by atoms with Gasteiger partial charge in [0, 0.05) is 38.7 Å². The first-order valence-electron chi connectivity index (χ1n) is 11.1. The van der Waals surface area contributed by atoms with E-state index in [9.17, 15) is 18.0 Å². The van der Waals surface area contributed by atoms with Gasteiger partial charge in [-0.1, -0.05) is 17.7 Å². The minimum atomic E-state index is -4.46. The summed E-state index contributed by atoms with van der Waals surface area (Å²) in [7, 11) is 0. The van der Waals surface area contributed by atoms with Gasteiger partial charge in [0.25, 0.3) is 0 Å². The van der Waals surface area contributed by atoms with Gasteiger partial charge in [-0.2, -0.15) is 18.2 Å². The largest absolute Gasteiger partial charge is 0.478 e. The van der Waals surface area contributed by atoms with Crippen molar-refractivity contribution in [2.24, 2.45) is 0 Å². The van der Waals surface area contributed by atoms with Gasteiger partial charge in [0.2, 0.25) is 11.8 Å². The number of hydrogen-bond donors (Lipinski definition) is 1. The van der Waals surface area contributed by atoms with Gasteiger partial charge in [0.1, 0.15) is 5.82 Å². The standard InChI is InChI=1S/C23H26ClF3N4O2/c24-21-17(23(25,26)27)4-3-5-18(21)31-13-11-30(12-14-31)10-1-2-15-33-20-9-7-16-6-8-19(32)28-22(16)29-20/h3-5,7,9H,1-2,6,8,10-15H2,(H,28,29,32). The van der Waals surface area contributed by atoms with Crippen LogP contribution in [0.4, 0.5) is 24.7 Å². The third-order valence-corrected chi connectivity index (χ3v) is 6.35. The zero-order valence-corrected chi connectivity index (χ0v) is 18.9. The predicted molar refractivity (Wildman–Crippen MR) is 121 cm³/mol. The molecule has 0 bridgehead atoms. The molecule has 178 valence electrons. The Hall–Kier alpha value is -2.52. The van der Waals surface area contributed by atoms with Gasteiger partial charge >= 0.3 is 6.18 Å². The molecule has 1 aromatic heterocycles. The lowest BCUT2D eigenvalue weighted by molar-refractivity contribution is -0.137. The molecule has 0 atom stereocenters. The summed E-state index contributed by atoms with van der Waals surface area (Å²) in [4.78, 5) is 20.1. The van der Waals surface area contributed by atoms with Gasteiger partial charge in [-0.05, 0) is 49.6 Å². The molecule has 1 amide bonds. The number of carbonyl (C=O) groups excluding carboxylic acids is 1. The molecular formula is C23H26ClF3N4O2. The highest BCUT2D eigenvalue weighted by Gasteiger charge is 2.34. The normalized spacial score (nSPS) is 17.0. The first-order chi connectivity index (χ1) is 15.8. The van der Waals surface area contributed by atoms with Crippen LogP contribution >= 0.6 is 11.6 Å². The zero-order valence-electron chi connectivity index (χ0n) is 18.1. The quantitative estimate of drug-likeness (QED) is 0.584. The van der Waals surface area contributed by atoms with E-state index in [1.807, 2.05) is 17.0 Å². The van der Waals surface area contributed by atoms with Crippen molar-refractivity contribution >= 4 is 29.0 Å². The molecule has 1 aromatic carbocycles. The van der Waals surface area contributed by atoms with Crippen molar-refractivity contribution < 1.29 is 22.7 Å². The second kappa shape index (κ2) is 10.2. The van der Waals surface area contributed by atoms with E-state index in [0.717, 1.165) is 44.1 Å². The average molecular weight is 483 g/mol. The summed E-state index contributed by atoms with van der Waals surface area (Å²) in [5.41, 5.74) is 0.667. The lowest BCUT2D eigenvalue weighted by atomic mass is 10.1. The van der Waals surface area contributed by atoms with Gasteiger partial charge in [0.15, 0.2) is 0 Å². The van der Waals surface area contributed by atoms with Crippen LogP contribution in [0.15, 0.2) is 30.3 Å². The monoisotopic (exact) mass is 482 g/mol. The third-order valence-electron chi connectivity index (χ3n) is 5.95. The lowest BCUT2D eigenvalue weighted by Gasteiger charge is -2.36. The van der Waals surface area contributed by atoms with Gasteiger partial charge < -0.3 is 15.0 Å². The zero-order chi connectivity index (χ0) is 23.4. The van der Waals surface area contributed by atoms with Gasteiger partial charge in [-0.3, -0.25) is 9.69 Å². The van der Waals surface area contributed by atoms with Crippen LogP contribution in [0.2, 0.25) is 5.02 Å². The van der Waals surface area contributed by atoms with Crippen LogP contribution in [-0.2, 0) is 17.4 Å². The molecule has 0 spiro atoms. The Balaban J connectivity index is 1.18. The Kier molecular flexibility index (Phi) is 7.29. The average Bonchev–Trinajstić information content (AvgIpc) is 2.78. The van der Waals surface area contributed by atoms with Crippen molar-refractivity contribution in [1.82, 2.24) is 9.88 Å². The predicted octanol–water partition coefficient (Wildman–Crippen LogP) is 4.62. The summed E-state index contributed by atoms with van der Waals surface area (Å²) in [5.74, 6) is 1.06. The number of benzene rings is 1. The van der Waals surface area contributed by atoms with Crippen molar-refractivity contribution in [3.05, 3.63) is 46.5 Å². The minimum absolute atomic E-state index is 0.0254. The maximum absolute atomic E-state index is 13.1. The topological polar surface area (TPSA) is 57.7 Å². The van der Waals surface area contributed by atoms with Crippen LogP contribution in [0.5, 0.6) is 5.88 Å². The highest BCUT2D eigenvalue weighted by molar-refractivity contribution is 6.34. The number of rotatable bonds is 7. The fourth-order valence-corrected chi connectivity index (χ4v) is 4.47. The summed E-state index contributed by atoms with van der Waals surface area (Å²) in [5, 5.41) is 2.54. The number of aryl methyl sites for hydroxylation is 1. The Labute approximate surface area is 195 Å². The number of aromatic nitrogens is 1. The van der Waals surface area contributed by atoms with Crippen LogP contribution < -0.4 is 15.0 Å². The molecule has 4 rings (SSSR count). The number of anilines is 2. The van der Waals surface area contributed by atoms with Gasteiger partial charge in [-0.15, -0.1) is 0 Å². The molecule has 0 saturated carbocycles. The minimum Gasteiger partial charge on any atom is -0.478 e. The van der Waals surface area contributed by atoms with Gasteiger partial charge in [0.05, 0.1) is 22.9 Å². The summed E-state index contributed by atoms with van der Waals surface area (Å²) in [6.45, 7) is 4.20. The molecule has 2 aliphatic heterocycles. The van der Waals surface area contributed by atoms with E-state index in [0.29, 0.717) is 49.9 Å². The molecule has 10 heteroatoms. The molecule has 0 aliphatic carbocycles. The molecule has 6 nitrogen and oxygen atoms in total. The highest BCUT2D eigenvalue weighted by atomic mass is 35.5. The SMILES string of the molecule is O=C1CCc2ccc(OCCCCN3CCN(c4cccc(C(F)(F)F)c4Cl)CC3)nc2N1. The second-order valence-electron chi connectivity index (χ2n) is 8.23. The van der Waals surface area contributed by atoms with Crippen LogP contribution in [-0.4, -0.2) is 55.1 Å². The second-order valence-corrected chi connectivity index (χ2v) is 8.60. The molecule has 2 aromatic rings. The number of fused-ring (bicyclic) bond motifs is 1. The van der Waals surface area contributed by atoms with E-state index >= 15 is 0 Å². The molecule has 1 saturated heterocycles. The first-order valence-corrected chi connectivity index (χ1v) is 11.4. The Morgan fingerprint density at radius 1 is 1.06 bits per heavy atom. The van der Waals surface area contributed by atoms with E-state index in [-0.39, 0.29) is 10.9 Å². The van der Waals surface area contributed by atoms with Crippen molar-refractivity contribution in [2.45, 2.75) is 31.9 Å². The fraction of sp³-hybridized carbons (Fsp3) is 0.478. The number of hydrogen-bond acceptors (Lipinski definition) is 5. The molecule has 2 aliphatic rings. The third kappa shape index (κ3) is 5.89. The Morgan fingerprint density at radius 2 is 1.85 bits per heavy atom. The number of amides is 1. The van der Waals surface area contributed by atoms with Crippen molar-refractivity contribution in [3.8, 4) is 5.88 Å². The van der Waals surface area contributed by atoms with Crippen LogP contribution in [0.1, 0.15) is 30.4 Å². The first kappa shape index (κ1) is 23.6. The summed E-state index contributed by atoms with van der Waals surface area (Å²) in [6, 6.07) is 7.83. The van der Waals surface area contributed by atoms with E-state index in [1.54, 1.807) is 6.07 Å². The van der Waals surface area contributed by atoms with E-state index < -0.39 is 11.7 Å². The molecule has 3 heterocycles. The highest BCUT2D eigenvalue weighted by Crippen LogP contribution is 2.39. The smallest absolute Gasteiger partial charge is 0.417 e. The number of carbonyl (C=O) groups is 1. The van der Waals surface area contributed by atoms with Gasteiger partial charge in [-0.25, -0.2) is 0 Å². The van der Waals surface area contributed by atoms with E-state index in [2.05, 4.69) is 15.2 Å². The number of alkyl halides is 3. The Morgan fingerprint density at radius 3 is 2.61 bits per heavy atom. The molecule has 0 radical (unpaired) electrons. The molecular weight excluding hydrogens is 457 g/mol. The number of piperazine rings is 1. The number of ether oxygens (including phenoxy) is 1. The van der Waals surface area contributed by atoms with Crippen LogP contribution in [0.3, 0.4) is 0 Å². The molecule has 1 N–H and O–H groups in total. The number of nitrogens with one attached hydrogen (secondary N) is 1. The maximum Gasteiger partial charge on any atom is 0.417 e. The fourth-order valence-electron chi connectivity index (χ4n) is 4.11. The summed E-state index contributed by atoms with van der Waals surface area (Å²) >= 11 is 6.06. The summed E-state index contributed by atoms with van der Waals surface area (Å²) < 4.78 is 45.1. The number of nitrogens with zero attached hydrogens (tertiary/aromatic N) is 3. The van der Waals surface area contributed by atoms with Crippen molar-refractivity contribution in [1.29, 1.82) is 0 Å². The molecule has 33 heavy (non-hydrogen) atoms. The lowest BCUT2D eigenvalue weighted by Crippen LogP contribution is -2.46. The Bertz CT molecular complexity index is 994. The van der Waals surface area contributed by atoms with E-state index in [4.69, 9.17) is 16.3 Å². The molecule has 1 fully saturated rings. The van der Waals surface area contributed by atoms with E-state index in [1.165, 1.54) is 6.07 Å². The number of unbranched alkanes of at least 4 members (excludes halogenated alkanes) is 1. The number of halogens is 4. The van der Waals surface area contributed by atoms with Crippen LogP contribution in [0, 0.1) is 0 Å². The number of pyridine rings is 1. The molecule has 0 unspecified atom stereocenters. The van der Waals surface area contributed by atoms with Crippen molar-refractivity contribution in [3.63, 3.8) is 0 Å².